The molecule has 0 bridgehead atoms. The SMILES string of the molecule is CCNC(C)c1ccc(-n2nc(C)cc2C)cc1. The predicted molar refractivity (Wildman–Crippen MR) is 75.1 cm³/mol. The van der Waals surface area contributed by atoms with Crippen molar-refractivity contribution >= 4 is 0 Å². The van der Waals surface area contributed by atoms with Crippen molar-refractivity contribution in [2.75, 3.05) is 6.54 Å². The molecule has 0 saturated heterocycles. The van der Waals surface area contributed by atoms with E-state index in [4.69, 9.17) is 0 Å². The van der Waals surface area contributed by atoms with Crippen LogP contribution in [-0.2, 0) is 0 Å². The molecule has 1 heterocycles. The first kappa shape index (κ1) is 12.8. The maximum Gasteiger partial charge on any atom is 0.0648 e. The van der Waals surface area contributed by atoms with E-state index in [0.29, 0.717) is 6.04 Å². The summed E-state index contributed by atoms with van der Waals surface area (Å²) in [4.78, 5) is 0. The molecule has 0 radical (unpaired) electrons. The first-order chi connectivity index (χ1) is 8.61. The molecule has 0 saturated carbocycles. The van der Waals surface area contributed by atoms with Crippen molar-refractivity contribution in [3.8, 4) is 5.69 Å². The van der Waals surface area contributed by atoms with E-state index < -0.39 is 0 Å². The number of benzene rings is 1. The lowest BCUT2D eigenvalue weighted by Crippen LogP contribution is -2.17. The third kappa shape index (κ3) is 2.62. The van der Waals surface area contributed by atoms with Crippen LogP contribution in [0.15, 0.2) is 30.3 Å². The van der Waals surface area contributed by atoms with Gasteiger partial charge in [0.15, 0.2) is 0 Å². The number of aryl methyl sites for hydroxylation is 2. The fourth-order valence-electron chi connectivity index (χ4n) is 2.22. The summed E-state index contributed by atoms with van der Waals surface area (Å²) >= 11 is 0. The Labute approximate surface area is 109 Å². The molecule has 18 heavy (non-hydrogen) atoms. The summed E-state index contributed by atoms with van der Waals surface area (Å²) in [5.74, 6) is 0. The first-order valence-electron chi connectivity index (χ1n) is 6.48. The number of hydrogen-bond donors (Lipinski definition) is 1. The Hall–Kier alpha value is -1.61. The molecule has 1 aromatic heterocycles. The number of hydrogen-bond acceptors (Lipinski definition) is 2. The van der Waals surface area contributed by atoms with E-state index >= 15 is 0 Å². The minimum Gasteiger partial charge on any atom is -0.310 e. The zero-order chi connectivity index (χ0) is 13.1. The highest BCUT2D eigenvalue weighted by Gasteiger charge is 2.06. The summed E-state index contributed by atoms with van der Waals surface area (Å²) in [5, 5.41) is 7.91. The van der Waals surface area contributed by atoms with E-state index in [9.17, 15) is 0 Å². The Balaban J connectivity index is 2.25. The van der Waals surface area contributed by atoms with Crippen LogP contribution < -0.4 is 5.32 Å². The van der Waals surface area contributed by atoms with Crippen LogP contribution in [0, 0.1) is 13.8 Å². The average molecular weight is 243 g/mol. The Morgan fingerprint density at radius 1 is 1.22 bits per heavy atom. The monoisotopic (exact) mass is 243 g/mol. The lowest BCUT2D eigenvalue weighted by atomic mass is 10.1. The molecule has 2 rings (SSSR count). The van der Waals surface area contributed by atoms with E-state index in [1.165, 1.54) is 11.3 Å². The van der Waals surface area contributed by atoms with Crippen LogP contribution >= 0.6 is 0 Å². The van der Waals surface area contributed by atoms with Crippen molar-refractivity contribution in [2.24, 2.45) is 0 Å². The first-order valence-corrected chi connectivity index (χ1v) is 6.48. The van der Waals surface area contributed by atoms with Gasteiger partial charge in [-0.1, -0.05) is 19.1 Å². The Bertz CT molecular complexity index is 511. The third-order valence-electron chi connectivity index (χ3n) is 3.16. The predicted octanol–water partition coefficient (Wildman–Crippen LogP) is 3.16. The third-order valence-corrected chi connectivity index (χ3v) is 3.16. The fraction of sp³-hybridized carbons (Fsp3) is 0.400. The van der Waals surface area contributed by atoms with Crippen molar-refractivity contribution in [3.63, 3.8) is 0 Å². The smallest absolute Gasteiger partial charge is 0.0648 e. The van der Waals surface area contributed by atoms with E-state index in [0.717, 1.165) is 17.9 Å². The number of nitrogens with zero attached hydrogens (tertiary/aromatic N) is 2. The van der Waals surface area contributed by atoms with Crippen LogP contribution in [0.3, 0.4) is 0 Å². The van der Waals surface area contributed by atoms with Crippen molar-refractivity contribution in [3.05, 3.63) is 47.3 Å². The van der Waals surface area contributed by atoms with Crippen molar-refractivity contribution < 1.29 is 0 Å². The van der Waals surface area contributed by atoms with Gasteiger partial charge in [-0.15, -0.1) is 0 Å². The molecule has 0 aliphatic carbocycles. The van der Waals surface area contributed by atoms with Crippen LogP contribution in [-0.4, -0.2) is 16.3 Å². The van der Waals surface area contributed by atoms with Crippen molar-refractivity contribution in [2.45, 2.75) is 33.7 Å². The van der Waals surface area contributed by atoms with Gasteiger partial charge in [0.1, 0.15) is 0 Å². The Morgan fingerprint density at radius 3 is 2.39 bits per heavy atom. The van der Waals surface area contributed by atoms with Crippen LogP contribution in [0.5, 0.6) is 0 Å². The molecule has 0 fully saturated rings. The van der Waals surface area contributed by atoms with E-state index in [2.05, 4.69) is 61.5 Å². The van der Waals surface area contributed by atoms with Crippen LogP contribution in [0.1, 0.15) is 36.8 Å². The summed E-state index contributed by atoms with van der Waals surface area (Å²) in [5.41, 5.74) is 4.65. The Kier molecular flexibility index (Phi) is 3.82. The van der Waals surface area contributed by atoms with E-state index in [-0.39, 0.29) is 0 Å². The normalized spacial score (nSPS) is 12.7. The average Bonchev–Trinajstić information content (AvgIpc) is 2.69. The molecule has 0 spiro atoms. The van der Waals surface area contributed by atoms with Gasteiger partial charge in [-0.25, -0.2) is 4.68 Å². The summed E-state index contributed by atoms with van der Waals surface area (Å²) in [6.07, 6.45) is 0. The molecule has 0 aliphatic rings. The van der Waals surface area contributed by atoms with Gasteiger partial charge in [0.2, 0.25) is 0 Å². The van der Waals surface area contributed by atoms with Gasteiger partial charge in [-0.05, 0) is 51.1 Å². The highest BCUT2D eigenvalue weighted by molar-refractivity contribution is 5.36. The zero-order valence-electron chi connectivity index (χ0n) is 11.6. The van der Waals surface area contributed by atoms with Crippen LogP contribution in [0.4, 0.5) is 0 Å². The van der Waals surface area contributed by atoms with Crippen molar-refractivity contribution in [1.82, 2.24) is 15.1 Å². The van der Waals surface area contributed by atoms with Gasteiger partial charge in [0.25, 0.3) is 0 Å². The van der Waals surface area contributed by atoms with Crippen LogP contribution in [0.2, 0.25) is 0 Å². The summed E-state index contributed by atoms with van der Waals surface area (Å²) in [6.45, 7) is 9.39. The molecule has 1 N–H and O–H groups in total. The molecule has 96 valence electrons. The molecule has 1 atom stereocenters. The van der Waals surface area contributed by atoms with Gasteiger partial charge in [0, 0.05) is 11.7 Å². The second-order valence-corrected chi connectivity index (χ2v) is 4.71. The molecule has 0 aliphatic heterocycles. The Morgan fingerprint density at radius 2 is 1.89 bits per heavy atom. The highest BCUT2D eigenvalue weighted by Crippen LogP contribution is 2.17. The minimum absolute atomic E-state index is 0.393. The molecule has 1 aromatic carbocycles. The number of aromatic nitrogens is 2. The molecular weight excluding hydrogens is 222 g/mol. The summed E-state index contributed by atoms with van der Waals surface area (Å²) in [7, 11) is 0. The van der Waals surface area contributed by atoms with E-state index in [1.54, 1.807) is 0 Å². The standard InChI is InChI=1S/C15H21N3/c1-5-16-13(4)14-6-8-15(9-7-14)18-12(3)10-11(2)17-18/h6-10,13,16H,5H2,1-4H3. The molecular formula is C15H21N3. The van der Waals surface area contributed by atoms with Gasteiger partial charge in [-0.2, -0.15) is 5.10 Å². The minimum atomic E-state index is 0.393. The molecule has 1 unspecified atom stereocenters. The molecule has 3 heteroatoms. The second kappa shape index (κ2) is 5.36. The van der Waals surface area contributed by atoms with Gasteiger partial charge < -0.3 is 5.32 Å². The van der Waals surface area contributed by atoms with Crippen LogP contribution in [0.25, 0.3) is 5.69 Å². The highest BCUT2D eigenvalue weighted by atomic mass is 15.3. The summed E-state index contributed by atoms with van der Waals surface area (Å²) in [6, 6.07) is 11.1. The van der Waals surface area contributed by atoms with Gasteiger partial charge >= 0.3 is 0 Å². The largest absolute Gasteiger partial charge is 0.310 e. The fourth-order valence-corrected chi connectivity index (χ4v) is 2.22. The second-order valence-electron chi connectivity index (χ2n) is 4.71. The quantitative estimate of drug-likeness (QED) is 0.894. The maximum atomic E-state index is 4.49. The molecule has 0 amide bonds. The lowest BCUT2D eigenvalue weighted by molar-refractivity contribution is 0.598. The topological polar surface area (TPSA) is 29.9 Å². The molecule has 3 nitrogen and oxygen atoms in total. The van der Waals surface area contributed by atoms with E-state index in [1.807, 2.05) is 11.6 Å². The van der Waals surface area contributed by atoms with Crippen molar-refractivity contribution in [1.29, 1.82) is 0 Å². The van der Waals surface area contributed by atoms with Gasteiger partial charge in [-0.3, -0.25) is 0 Å². The molecule has 2 aromatic rings. The van der Waals surface area contributed by atoms with Gasteiger partial charge in [0.05, 0.1) is 11.4 Å². The number of rotatable bonds is 4. The lowest BCUT2D eigenvalue weighted by Gasteiger charge is -2.13. The maximum absolute atomic E-state index is 4.49. The number of nitrogens with one attached hydrogen (secondary N) is 1. The summed E-state index contributed by atoms with van der Waals surface area (Å²) < 4.78 is 1.98. The zero-order valence-corrected chi connectivity index (χ0v) is 11.6.